The van der Waals surface area contributed by atoms with E-state index in [0.29, 0.717) is 10.6 Å². The Kier molecular flexibility index (Phi) is 7.55. The molecule has 0 aromatic heterocycles. The molecule has 2 rings (SSSR count). The molecule has 2 aromatic rings. The first kappa shape index (κ1) is 21.3. The van der Waals surface area contributed by atoms with Crippen LogP contribution in [-0.2, 0) is 10.0 Å². The van der Waals surface area contributed by atoms with Crippen LogP contribution in [0.4, 0.5) is 0 Å². The van der Waals surface area contributed by atoms with Gasteiger partial charge in [0.25, 0.3) is 0 Å². The molecule has 2 aromatic carbocycles. The van der Waals surface area contributed by atoms with Gasteiger partial charge in [0.05, 0.1) is 17.0 Å². The average molecular weight is 414 g/mol. The van der Waals surface area contributed by atoms with Gasteiger partial charge in [-0.25, -0.2) is 13.1 Å². The Hall–Kier alpha value is -1.05. The zero-order chi connectivity index (χ0) is 19.3. The lowest BCUT2D eigenvalue weighted by Gasteiger charge is -2.29. The third-order valence-corrected chi connectivity index (χ3v) is 6.94. The maximum absolute atomic E-state index is 12.7. The lowest BCUT2D eigenvalue weighted by Crippen LogP contribution is -2.43. The van der Waals surface area contributed by atoms with Gasteiger partial charge < -0.3 is 5.11 Å². The van der Waals surface area contributed by atoms with E-state index in [9.17, 15) is 13.5 Å². The van der Waals surface area contributed by atoms with E-state index in [4.69, 9.17) is 11.6 Å². The predicted molar refractivity (Wildman–Crippen MR) is 108 cm³/mol. The Balaban J connectivity index is 2.29. The van der Waals surface area contributed by atoms with Crippen LogP contribution in [-0.4, -0.2) is 25.8 Å². The summed E-state index contributed by atoms with van der Waals surface area (Å²) in [5.74, 6) is -0.0488. The molecule has 0 amide bonds. The summed E-state index contributed by atoms with van der Waals surface area (Å²) in [6.07, 6.45) is 1.77. The van der Waals surface area contributed by atoms with Gasteiger partial charge in [0.1, 0.15) is 0 Å². The number of aliphatic hydroxyl groups is 1. The number of sulfonamides is 1. The number of rotatable bonds is 8. The van der Waals surface area contributed by atoms with Gasteiger partial charge >= 0.3 is 0 Å². The van der Waals surface area contributed by atoms with E-state index in [0.717, 1.165) is 11.3 Å². The van der Waals surface area contributed by atoms with Crippen molar-refractivity contribution in [3.8, 4) is 0 Å². The normalized spacial score (nSPS) is 15.4. The van der Waals surface area contributed by atoms with Crippen LogP contribution in [0.15, 0.2) is 58.3 Å². The number of halogens is 1. The van der Waals surface area contributed by atoms with Gasteiger partial charge in [-0.05, 0) is 54.1 Å². The maximum atomic E-state index is 12.7. The first-order valence-corrected chi connectivity index (χ1v) is 11.5. The molecule has 0 spiro atoms. The second-order valence-electron chi connectivity index (χ2n) is 6.20. The van der Waals surface area contributed by atoms with Gasteiger partial charge in [-0.2, -0.15) is 0 Å². The Bertz CT molecular complexity index is 808. The minimum atomic E-state index is -3.77. The number of thioether (sulfide) groups is 1. The summed E-state index contributed by atoms with van der Waals surface area (Å²) in [6, 6.07) is 12.9. The smallest absolute Gasteiger partial charge is 0.240 e. The zero-order valence-corrected chi connectivity index (χ0v) is 17.4. The van der Waals surface area contributed by atoms with Crippen molar-refractivity contribution in [3.63, 3.8) is 0 Å². The molecule has 26 heavy (non-hydrogen) atoms. The highest BCUT2D eigenvalue weighted by Crippen LogP contribution is 2.27. The molecule has 0 aliphatic rings. The van der Waals surface area contributed by atoms with Gasteiger partial charge in [-0.15, -0.1) is 11.8 Å². The van der Waals surface area contributed by atoms with Crippen molar-refractivity contribution in [1.29, 1.82) is 0 Å². The van der Waals surface area contributed by atoms with Crippen LogP contribution in [0.5, 0.6) is 0 Å². The number of benzene rings is 2. The lowest BCUT2D eigenvalue weighted by molar-refractivity contribution is 0.112. The molecule has 4 nitrogen and oxygen atoms in total. The zero-order valence-electron chi connectivity index (χ0n) is 15.0. The molecule has 142 valence electrons. The van der Waals surface area contributed by atoms with Gasteiger partial charge in [-0.1, -0.05) is 44.0 Å². The van der Waals surface area contributed by atoms with Crippen LogP contribution in [0.25, 0.3) is 0 Å². The highest BCUT2D eigenvalue weighted by Gasteiger charge is 2.30. The molecular formula is C19H24ClNO3S2. The predicted octanol–water partition coefficient (Wildman–Crippen LogP) is 4.49. The highest BCUT2D eigenvalue weighted by atomic mass is 35.5. The third kappa shape index (κ3) is 5.24. The summed E-state index contributed by atoms with van der Waals surface area (Å²) in [5, 5.41) is 11.3. The first-order valence-electron chi connectivity index (χ1n) is 8.38. The van der Waals surface area contributed by atoms with Gasteiger partial charge in [-0.3, -0.25) is 0 Å². The van der Waals surface area contributed by atoms with E-state index in [1.54, 1.807) is 11.8 Å². The second kappa shape index (κ2) is 9.24. The molecule has 3 unspecified atom stereocenters. The lowest BCUT2D eigenvalue weighted by atomic mass is 9.91. The van der Waals surface area contributed by atoms with E-state index in [1.807, 2.05) is 44.4 Å². The summed E-state index contributed by atoms with van der Waals surface area (Å²) in [4.78, 5) is 1.21. The molecular weight excluding hydrogens is 390 g/mol. The maximum Gasteiger partial charge on any atom is 0.240 e. The molecule has 0 fully saturated rings. The van der Waals surface area contributed by atoms with Crippen molar-refractivity contribution in [2.75, 3.05) is 6.26 Å². The third-order valence-electron chi connectivity index (χ3n) is 4.47. The van der Waals surface area contributed by atoms with Crippen LogP contribution in [0.2, 0.25) is 5.02 Å². The Morgan fingerprint density at radius 3 is 2.19 bits per heavy atom. The minimum Gasteiger partial charge on any atom is -0.387 e. The molecule has 0 aliphatic heterocycles. The first-order chi connectivity index (χ1) is 12.3. The fourth-order valence-electron chi connectivity index (χ4n) is 2.62. The van der Waals surface area contributed by atoms with Crippen molar-refractivity contribution in [2.24, 2.45) is 5.92 Å². The summed E-state index contributed by atoms with van der Waals surface area (Å²) < 4.78 is 28.2. The molecule has 0 aliphatic carbocycles. The van der Waals surface area contributed by atoms with Crippen molar-refractivity contribution in [2.45, 2.75) is 42.2 Å². The van der Waals surface area contributed by atoms with Crippen LogP contribution in [0, 0.1) is 5.92 Å². The van der Waals surface area contributed by atoms with Gasteiger partial charge in [0.15, 0.2) is 0 Å². The molecule has 0 saturated carbocycles. The second-order valence-corrected chi connectivity index (χ2v) is 9.23. The fraction of sp³-hybridized carbons (Fsp3) is 0.368. The number of hydrogen-bond acceptors (Lipinski definition) is 4. The SMILES string of the molecule is CCC(C)C(NS(=O)(=O)c1ccc(Cl)cc1)C(O)c1ccc(SC)cc1. The molecule has 7 heteroatoms. The summed E-state index contributed by atoms with van der Waals surface area (Å²) in [5.41, 5.74) is 0.687. The molecule has 0 heterocycles. The molecule has 3 atom stereocenters. The monoisotopic (exact) mass is 413 g/mol. The van der Waals surface area contributed by atoms with Crippen molar-refractivity contribution in [3.05, 3.63) is 59.1 Å². The van der Waals surface area contributed by atoms with E-state index in [1.165, 1.54) is 24.3 Å². The van der Waals surface area contributed by atoms with Crippen molar-refractivity contribution in [1.82, 2.24) is 4.72 Å². The number of nitrogens with one attached hydrogen (secondary N) is 1. The van der Waals surface area contributed by atoms with Crippen molar-refractivity contribution < 1.29 is 13.5 Å². The topological polar surface area (TPSA) is 66.4 Å². The Labute approximate surface area is 165 Å². The largest absolute Gasteiger partial charge is 0.387 e. The van der Waals surface area contributed by atoms with E-state index >= 15 is 0 Å². The molecule has 0 bridgehead atoms. The highest BCUT2D eigenvalue weighted by molar-refractivity contribution is 7.98. The van der Waals surface area contributed by atoms with E-state index in [2.05, 4.69) is 4.72 Å². The molecule has 0 radical (unpaired) electrons. The van der Waals surface area contributed by atoms with Crippen LogP contribution < -0.4 is 4.72 Å². The minimum absolute atomic E-state index is 0.0488. The number of hydrogen-bond donors (Lipinski definition) is 2. The molecule has 2 N–H and O–H groups in total. The fourth-order valence-corrected chi connectivity index (χ4v) is 4.50. The summed E-state index contributed by atoms with van der Waals surface area (Å²) >= 11 is 7.45. The van der Waals surface area contributed by atoms with Crippen LogP contribution in [0.3, 0.4) is 0 Å². The van der Waals surface area contributed by atoms with E-state index in [-0.39, 0.29) is 10.8 Å². The average Bonchev–Trinajstić information content (AvgIpc) is 2.65. The van der Waals surface area contributed by atoms with E-state index < -0.39 is 22.2 Å². The Morgan fingerprint density at radius 2 is 1.69 bits per heavy atom. The van der Waals surface area contributed by atoms with Crippen LogP contribution in [0.1, 0.15) is 31.9 Å². The van der Waals surface area contributed by atoms with Crippen LogP contribution >= 0.6 is 23.4 Å². The van der Waals surface area contributed by atoms with Gasteiger partial charge in [0, 0.05) is 9.92 Å². The summed E-state index contributed by atoms with van der Waals surface area (Å²) in [6.45, 7) is 3.90. The van der Waals surface area contributed by atoms with Gasteiger partial charge in [0.2, 0.25) is 10.0 Å². The quantitative estimate of drug-likeness (QED) is 0.626. The standard InChI is InChI=1S/C19H24ClNO3S2/c1-4-13(2)18(19(22)14-5-9-16(25-3)10-6-14)21-26(23,24)17-11-7-15(20)8-12-17/h5-13,18-19,21-22H,4H2,1-3H3. The molecule has 0 saturated heterocycles. The number of aliphatic hydroxyl groups excluding tert-OH is 1. The Morgan fingerprint density at radius 1 is 1.12 bits per heavy atom. The summed E-state index contributed by atoms with van der Waals surface area (Å²) in [7, 11) is -3.77. The van der Waals surface area contributed by atoms with Crippen molar-refractivity contribution >= 4 is 33.4 Å².